The number of ketones is 1. The number of hydrogen-bond acceptors (Lipinski definition) is 4. The van der Waals surface area contributed by atoms with Crippen LogP contribution in [0.1, 0.15) is 21.8 Å². The molecule has 0 spiro atoms. The summed E-state index contributed by atoms with van der Waals surface area (Å²) in [6.45, 7) is 0. The number of halogens is 1. The largest absolute Gasteiger partial charge is 0.481 e. The SMILES string of the molecule is O=C(O)Cc1cc(C(=O)c2ccc(Cl)cc2)no1. The molecule has 0 radical (unpaired) electrons. The second-order valence-electron chi connectivity index (χ2n) is 3.58. The second-order valence-corrected chi connectivity index (χ2v) is 4.02. The Morgan fingerprint density at radius 1 is 1.28 bits per heavy atom. The molecule has 1 N–H and O–H groups in total. The molecule has 0 bridgehead atoms. The highest BCUT2D eigenvalue weighted by atomic mass is 35.5. The summed E-state index contributed by atoms with van der Waals surface area (Å²) >= 11 is 5.71. The summed E-state index contributed by atoms with van der Waals surface area (Å²) in [5.74, 6) is -1.25. The average Bonchev–Trinajstić information content (AvgIpc) is 2.76. The number of nitrogens with zero attached hydrogens (tertiary/aromatic N) is 1. The highest BCUT2D eigenvalue weighted by Crippen LogP contribution is 2.14. The van der Waals surface area contributed by atoms with E-state index in [0.717, 1.165) is 0 Å². The van der Waals surface area contributed by atoms with Crippen molar-refractivity contribution in [1.29, 1.82) is 0 Å². The topological polar surface area (TPSA) is 80.4 Å². The van der Waals surface area contributed by atoms with Gasteiger partial charge in [0.1, 0.15) is 12.2 Å². The molecule has 2 rings (SSSR count). The minimum atomic E-state index is -1.04. The summed E-state index contributed by atoms with van der Waals surface area (Å²) in [6.07, 6.45) is -0.305. The van der Waals surface area contributed by atoms with E-state index in [1.807, 2.05) is 0 Å². The van der Waals surface area contributed by atoms with Gasteiger partial charge in [-0.05, 0) is 24.3 Å². The molecule has 18 heavy (non-hydrogen) atoms. The van der Waals surface area contributed by atoms with E-state index in [1.165, 1.54) is 6.07 Å². The van der Waals surface area contributed by atoms with Crippen LogP contribution in [0, 0.1) is 0 Å². The fraction of sp³-hybridized carbons (Fsp3) is 0.0833. The molecule has 5 nitrogen and oxygen atoms in total. The van der Waals surface area contributed by atoms with E-state index >= 15 is 0 Å². The van der Waals surface area contributed by atoms with Crippen molar-refractivity contribution in [3.05, 3.63) is 52.4 Å². The van der Waals surface area contributed by atoms with Crippen molar-refractivity contribution in [3.8, 4) is 0 Å². The lowest BCUT2D eigenvalue weighted by molar-refractivity contribution is -0.136. The molecule has 0 saturated heterocycles. The highest BCUT2D eigenvalue weighted by molar-refractivity contribution is 6.30. The van der Waals surface area contributed by atoms with Gasteiger partial charge in [0.15, 0.2) is 5.69 Å². The number of aromatic nitrogens is 1. The molecular formula is C12H8ClNO4. The third-order valence-corrected chi connectivity index (χ3v) is 2.48. The molecule has 0 aliphatic carbocycles. The van der Waals surface area contributed by atoms with Gasteiger partial charge in [0, 0.05) is 16.7 Å². The Bertz CT molecular complexity index is 588. The fourth-order valence-corrected chi connectivity index (χ4v) is 1.53. The summed E-state index contributed by atoms with van der Waals surface area (Å²) in [7, 11) is 0. The van der Waals surface area contributed by atoms with E-state index in [4.69, 9.17) is 21.2 Å². The number of benzene rings is 1. The Morgan fingerprint density at radius 2 is 1.94 bits per heavy atom. The molecule has 0 saturated carbocycles. The van der Waals surface area contributed by atoms with Gasteiger partial charge in [-0.1, -0.05) is 16.8 Å². The molecule has 2 aromatic rings. The molecule has 0 aliphatic rings. The van der Waals surface area contributed by atoms with Gasteiger partial charge < -0.3 is 9.63 Å². The van der Waals surface area contributed by atoms with Crippen LogP contribution in [0.5, 0.6) is 0 Å². The van der Waals surface area contributed by atoms with Gasteiger partial charge >= 0.3 is 5.97 Å². The van der Waals surface area contributed by atoms with Gasteiger partial charge in [0.05, 0.1) is 0 Å². The first-order valence-electron chi connectivity index (χ1n) is 5.04. The molecule has 0 fully saturated rings. The summed E-state index contributed by atoms with van der Waals surface area (Å²) in [5, 5.41) is 12.6. The first-order valence-corrected chi connectivity index (χ1v) is 5.41. The van der Waals surface area contributed by atoms with Crippen LogP contribution in [0.3, 0.4) is 0 Å². The maximum atomic E-state index is 11.9. The normalized spacial score (nSPS) is 10.3. The molecule has 1 heterocycles. The van der Waals surface area contributed by atoms with Gasteiger partial charge in [0.25, 0.3) is 0 Å². The van der Waals surface area contributed by atoms with E-state index in [1.54, 1.807) is 24.3 Å². The zero-order chi connectivity index (χ0) is 13.1. The standard InChI is InChI=1S/C12H8ClNO4/c13-8-3-1-7(2-4-8)12(17)10-5-9(18-14-10)6-11(15)16/h1-5H,6H2,(H,15,16). The van der Waals surface area contributed by atoms with Crippen molar-refractivity contribution in [2.75, 3.05) is 0 Å². The molecule has 1 aromatic heterocycles. The van der Waals surface area contributed by atoms with E-state index in [-0.39, 0.29) is 23.7 Å². The number of aliphatic carboxylic acids is 1. The molecule has 92 valence electrons. The summed E-state index contributed by atoms with van der Waals surface area (Å²) in [5.41, 5.74) is 0.489. The van der Waals surface area contributed by atoms with Crippen LogP contribution in [0.4, 0.5) is 0 Å². The Balaban J connectivity index is 2.21. The van der Waals surface area contributed by atoms with E-state index in [9.17, 15) is 9.59 Å². The zero-order valence-electron chi connectivity index (χ0n) is 9.09. The maximum Gasteiger partial charge on any atom is 0.311 e. The lowest BCUT2D eigenvalue weighted by atomic mass is 10.1. The van der Waals surface area contributed by atoms with Crippen LogP contribution in [0.2, 0.25) is 5.02 Å². The predicted molar refractivity (Wildman–Crippen MR) is 62.7 cm³/mol. The Kier molecular flexibility index (Phi) is 3.43. The van der Waals surface area contributed by atoms with Gasteiger partial charge in [-0.15, -0.1) is 0 Å². The second kappa shape index (κ2) is 5.01. The number of hydrogen-bond donors (Lipinski definition) is 1. The van der Waals surface area contributed by atoms with Crippen molar-refractivity contribution in [2.45, 2.75) is 6.42 Å². The first-order chi connectivity index (χ1) is 8.56. The van der Waals surface area contributed by atoms with Gasteiger partial charge in [-0.2, -0.15) is 0 Å². The van der Waals surface area contributed by atoms with E-state index in [2.05, 4.69) is 5.16 Å². The smallest absolute Gasteiger partial charge is 0.311 e. The van der Waals surface area contributed by atoms with Crippen molar-refractivity contribution >= 4 is 23.4 Å². The fourth-order valence-electron chi connectivity index (χ4n) is 1.40. The molecule has 0 amide bonds. The third-order valence-electron chi connectivity index (χ3n) is 2.22. The predicted octanol–water partition coefficient (Wildman–Crippen LogP) is 2.19. The Hall–Kier alpha value is -2.14. The number of carbonyl (C=O) groups excluding carboxylic acids is 1. The van der Waals surface area contributed by atoms with E-state index in [0.29, 0.717) is 10.6 Å². The van der Waals surface area contributed by atoms with Crippen molar-refractivity contribution in [2.24, 2.45) is 0 Å². The summed E-state index contributed by atoms with van der Waals surface area (Å²) < 4.78 is 4.76. The minimum absolute atomic E-state index is 0.0774. The Labute approximate surface area is 107 Å². The zero-order valence-corrected chi connectivity index (χ0v) is 9.85. The monoisotopic (exact) mass is 265 g/mol. The van der Waals surface area contributed by atoms with Gasteiger partial charge in [0.2, 0.25) is 5.78 Å². The van der Waals surface area contributed by atoms with Crippen LogP contribution in [-0.4, -0.2) is 22.0 Å². The van der Waals surface area contributed by atoms with Crippen LogP contribution in [0.25, 0.3) is 0 Å². The van der Waals surface area contributed by atoms with E-state index < -0.39 is 5.97 Å². The number of carboxylic acid groups (broad SMARTS) is 1. The highest BCUT2D eigenvalue weighted by Gasteiger charge is 2.15. The molecular weight excluding hydrogens is 258 g/mol. The number of carboxylic acids is 1. The molecule has 6 heteroatoms. The van der Waals surface area contributed by atoms with Crippen LogP contribution < -0.4 is 0 Å². The molecule has 0 unspecified atom stereocenters. The lowest BCUT2D eigenvalue weighted by Gasteiger charge is -1.96. The summed E-state index contributed by atoms with van der Waals surface area (Å²) in [6, 6.07) is 7.64. The first kappa shape index (κ1) is 12.3. The Morgan fingerprint density at radius 3 is 2.56 bits per heavy atom. The maximum absolute atomic E-state index is 11.9. The van der Waals surface area contributed by atoms with Gasteiger partial charge in [-0.25, -0.2) is 0 Å². The quantitative estimate of drug-likeness (QED) is 0.857. The summed E-state index contributed by atoms with van der Waals surface area (Å²) in [4.78, 5) is 22.4. The molecule has 0 atom stereocenters. The van der Waals surface area contributed by atoms with Crippen LogP contribution >= 0.6 is 11.6 Å². The van der Waals surface area contributed by atoms with Crippen molar-refractivity contribution < 1.29 is 19.2 Å². The minimum Gasteiger partial charge on any atom is -0.481 e. The van der Waals surface area contributed by atoms with Crippen LogP contribution in [0.15, 0.2) is 34.9 Å². The number of carbonyl (C=O) groups is 2. The molecule has 0 aliphatic heterocycles. The van der Waals surface area contributed by atoms with Crippen molar-refractivity contribution in [3.63, 3.8) is 0 Å². The van der Waals surface area contributed by atoms with Gasteiger partial charge in [-0.3, -0.25) is 9.59 Å². The lowest BCUT2D eigenvalue weighted by Crippen LogP contribution is -2.01. The number of rotatable bonds is 4. The third kappa shape index (κ3) is 2.75. The molecule has 1 aromatic carbocycles. The van der Waals surface area contributed by atoms with Crippen molar-refractivity contribution in [1.82, 2.24) is 5.16 Å². The average molecular weight is 266 g/mol. The van der Waals surface area contributed by atoms with Crippen LogP contribution in [-0.2, 0) is 11.2 Å².